The van der Waals surface area contributed by atoms with E-state index in [-0.39, 0.29) is 5.54 Å². The zero-order valence-corrected chi connectivity index (χ0v) is 12.1. The molecule has 102 valence electrons. The lowest BCUT2D eigenvalue weighted by Gasteiger charge is -2.19. The van der Waals surface area contributed by atoms with Gasteiger partial charge in [0.1, 0.15) is 11.4 Å². The summed E-state index contributed by atoms with van der Waals surface area (Å²) in [6.07, 6.45) is 0. The van der Waals surface area contributed by atoms with Crippen molar-refractivity contribution in [1.29, 1.82) is 0 Å². The van der Waals surface area contributed by atoms with Crippen molar-refractivity contribution in [1.82, 2.24) is 20.3 Å². The number of benzene rings is 1. The van der Waals surface area contributed by atoms with Crippen molar-refractivity contribution in [3.63, 3.8) is 0 Å². The third-order valence-electron chi connectivity index (χ3n) is 2.84. The van der Waals surface area contributed by atoms with Gasteiger partial charge >= 0.3 is 0 Å². The molecule has 19 heavy (non-hydrogen) atoms. The number of nitrogens with zero attached hydrogens (tertiary/aromatic N) is 3. The highest BCUT2D eigenvalue weighted by Gasteiger charge is 2.15. The van der Waals surface area contributed by atoms with Crippen LogP contribution in [0.2, 0.25) is 0 Å². The SMILES string of the molecule is CCn1nc(CNC(C)(C)C)c(-c2ccccc2)n1. The molecule has 1 N–H and O–H groups in total. The van der Waals surface area contributed by atoms with Crippen molar-refractivity contribution in [3.05, 3.63) is 36.0 Å². The van der Waals surface area contributed by atoms with Crippen molar-refractivity contribution >= 4 is 0 Å². The molecule has 2 aromatic rings. The van der Waals surface area contributed by atoms with Gasteiger partial charge in [0.2, 0.25) is 0 Å². The van der Waals surface area contributed by atoms with Crippen molar-refractivity contribution in [2.75, 3.05) is 0 Å². The summed E-state index contributed by atoms with van der Waals surface area (Å²) in [6, 6.07) is 10.2. The van der Waals surface area contributed by atoms with Crippen LogP contribution in [0, 0.1) is 0 Å². The average Bonchev–Trinajstić information content (AvgIpc) is 2.80. The highest BCUT2D eigenvalue weighted by Crippen LogP contribution is 2.20. The van der Waals surface area contributed by atoms with E-state index in [0.717, 1.165) is 30.0 Å². The summed E-state index contributed by atoms with van der Waals surface area (Å²) in [5, 5.41) is 12.6. The topological polar surface area (TPSA) is 42.7 Å². The van der Waals surface area contributed by atoms with Crippen LogP contribution >= 0.6 is 0 Å². The lowest BCUT2D eigenvalue weighted by atomic mass is 10.1. The van der Waals surface area contributed by atoms with Gasteiger partial charge in [-0.3, -0.25) is 0 Å². The molecular formula is C15H22N4. The maximum Gasteiger partial charge on any atom is 0.117 e. The first kappa shape index (κ1) is 13.7. The Morgan fingerprint density at radius 1 is 1.11 bits per heavy atom. The van der Waals surface area contributed by atoms with Gasteiger partial charge in [-0.2, -0.15) is 15.0 Å². The van der Waals surface area contributed by atoms with Crippen molar-refractivity contribution < 1.29 is 0 Å². The van der Waals surface area contributed by atoms with E-state index in [1.807, 2.05) is 18.2 Å². The molecule has 0 aliphatic heterocycles. The number of aromatic nitrogens is 3. The van der Waals surface area contributed by atoms with E-state index in [1.165, 1.54) is 0 Å². The Labute approximate surface area is 114 Å². The predicted molar refractivity (Wildman–Crippen MR) is 77.7 cm³/mol. The van der Waals surface area contributed by atoms with E-state index >= 15 is 0 Å². The van der Waals surface area contributed by atoms with Gasteiger partial charge in [-0.15, -0.1) is 0 Å². The molecule has 4 heteroatoms. The second-order valence-corrected chi connectivity index (χ2v) is 5.65. The Hall–Kier alpha value is -1.68. The summed E-state index contributed by atoms with van der Waals surface area (Å²) in [5.41, 5.74) is 3.17. The van der Waals surface area contributed by atoms with Crippen molar-refractivity contribution in [2.24, 2.45) is 0 Å². The molecule has 0 aliphatic carbocycles. The lowest BCUT2D eigenvalue weighted by Crippen LogP contribution is -2.35. The zero-order valence-electron chi connectivity index (χ0n) is 12.1. The molecule has 0 aliphatic rings. The third-order valence-corrected chi connectivity index (χ3v) is 2.84. The maximum atomic E-state index is 4.57. The van der Waals surface area contributed by atoms with Gasteiger partial charge < -0.3 is 5.32 Å². The van der Waals surface area contributed by atoms with Crippen LogP contribution < -0.4 is 5.32 Å². The summed E-state index contributed by atoms with van der Waals surface area (Å²) >= 11 is 0. The maximum absolute atomic E-state index is 4.57. The molecule has 0 radical (unpaired) electrons. The van der Waals surface area contributed by atoms with Crippen molar-refractivity contribution in [2.45, 2.75) is 46.3 Å². The van der Waals surface area contributed by atoms with Crippen LogP contribution in [0.4, 0.5) is 0 Å². The molecule has 0 bridgehead atoms. The quantitative estimate of drug-likeness (QED) is 0.917. The lowest BCUT2D eigenvalue weighted by molar-refractivity contribution is 0.419. The van der Waals surface area contributed by atoms with Gasteiger partial charge in [-0.25, -0.2) is 0 Å². The fourth-order valence-corrected chi connectivity index (χ4v) is 1.81. The van der Waals surface area contributed by atoms with Gasteiger partial charge in [0.15, 0.2) is 0 Å². The number of aryl methyl sites for hydroxylation is 1. The molecule has 2 rings (SSSR count). The summed E-state index contributed by atoms with van der Waals surface area (Å²) < 4.78 is 0. The van der Waals surface area contributed by atoms with E-state index in [2.05, 4.69) is 55.3 Å². The predicted octanol–water partition coefficient (Wildman–Crippen LogP) is 2.85. The number of rotatable bonds is 4. The van der Waals surface area contributed by atoms with E-state index < -0.39 is 0 Å². The summed E-state index contributed by atoms with van der Waals surface area (Å²) in [6.45, 7) is 10.0. The largest absolute Gasteiger partial charge is 0.306 e. The molecule has 0 spiro atoms. The first-order chi connectivity index (χ1) is 8.99. The Balaban J connectivity index is 2.29. The first-order valence-electron chi connectivity index (χ1n) is 6.74. The molecule has 0 fully saturated rings. The Kier molecular flexibility index (Phi) is 4.00. The minimum atomic E-state index is 0.0734. The molecule has 1 aromatic carbocycles. The standard InChI is InChI=1S/C15H22N4/c1-5-19-17-13(11-16-15(2,3)4)14(18-19)12-9-7-6-8-10-12/h6-10,16H,5,11H2,1-4H3. The molecule has 1 heterocycles. The van der Waals surface area contributed by atoms with Crippen LogP contribution in [0.5, 0.6) is 0 Å². The van der Waals surface area contributed by atoms with Crippen LogP contribution in [0.3, 0.4) is 0 Å². The van der Waals surface area contributed by atoms with Crippen LogP contribution in [0.1, 0.15) is 33.4 Å². The molecule has 0 unspecified atom stereocenters. The van der Waals surface area contributed by atoms with Gasteiger partial charge in [-0.1, -0.05) is 30.3 Å². The average molecular weight is 258 g/mol. The zero-order chi connectivity index (χ0) is 13.9. The highest BCUT2D eigenvalue weighted by molar-refractivity contribution is 5.60. The Bertz CT molecular complexity index is 523. The van der Waals surface area contributed by atoms with Gasteiger partial charge in [0.05, 0.1) is 6.54 Å². The van der Waals surface area contributed by atoms with Crippen LogP contribution in [0.15, 0.2) is 30.3 Å². The summed E-state index contributed by atoms with van der Waals surface area (Å²) in [5.74, 6) is 0. The van der Waals surface area contributed by atoms with Gasteiger partial charge in [0, 0.05) is 17.6 Å². The molecule has 4 nitrogen and oxygen atoms in total. The van der Waals surface area contributed by atoms with Gasteiger partial charge in [0.25, 0.3) is 0 Å². The fourth-order valence-electron chi connectivity index (χ4n) is 1.81. The highest BCUT2D eigenvalue weighted by atomic mass is 15.5. The second kappa shape index (κ2) is 5.53. The number of nitrogens with one attached hydrogen (secondary N) is 1. The normalized spacial score (nSPS) is 11.8. The van der Waals surface area contributed by atoms with E-state index in [1.54, 1.807) is 4.80 Å². The smallest absolute Gasteiger partial charge is 0.117 e. The minimum Gasteiger partial charge on any atom is -0.306 e. The monoisotopic (exact) mass is 258 g/mol. The molecule has 1 aromatic heterocycles. The number of hydrogen-bond donors (Lipinski definition) is 1. The van der Waals surface area contributed by atoms with E-state index in [4.69, 9.17) is 0 Å². The Morgan fingerprint density at radius 3 is 2.37 bits per heavy atom. The van der Waals surface area contributed by atoms with E-state index in [9.17, 15) is 0 Å². The minimum absolute atomic E-state index is 0.0734. The Morgan fingerprint density at radius 2 is 1.79 bits per heavy atom. The van der Waals surface area contributed by atoms with Gasteiger partial charge in [-0.05, 0) is 27.7 Å². The molecule has 0 saturated heterocycles. The fraction of sp³-hybridized carbons (Fsp3) is 0.467. The molecule has 0 amide bonds. The van der Waals surface area contributed by atoms with Crippen LogP contribution in [-0.2, 0) is 13.1 Å². The van der Waals surface area contributed by atoms with E-state index in [0.29, 0.717) is 0 Å². The van der Waals surface area contributed by atoms with Crippen molar-refractivity contribution in [3.8, 4) is 11.3 Å². The van der Waals surface area contributed by atoms with Crippen LogP contribution in [0.25, 0.3) is 11.3 Å². The molecule has 0 atom stereocenters. The second-order valence-electron chi connectivity index (χ2n) is 5.65. The number of hydrogen-bond acceptors (Lipinski definition) is 3. The third kappa shape index (κ3) is 3.64. The first-order valence-corrected chi connectivity index (χ1v) is 6.74. The summed E-state index contributed by atoms with van der Waals surface area (Å²) in [4.78, 5) is 1.75. The molecule has 0 saturated carbocycles. The summed E-state index contributed by atoms with van der Waals surface area (Å²) in [7, 11) is 0. The van der Waals surface area contributed by atoms with Crippen LogP contribution in [-0.4, -0.2) is 20.5 Å². The molecular weight excluding hydrogens is 236 g/mol.